The summed E-state index contributed by atoms with van der Waals surface area (Å²) in [4.78, 5) is 14.6. The van der Waals surface area contributed by atoms with Gasteiger partial charge in [0.15, 0.2) is 9.84 Å². The molecule has 1 aliphatic heterocycles. The van der Waals surface area contributed by atoms with E-state index in [0.29, 0.717) is 17.5 Å². The van der Waals surface area contributed by atoms with E-state index in [1.54, 1.807) is 4.90 Å². The molecule has 0 spiro atoms. The second kappa shape index (κ2) is 8.65. The topological polar surface area (TPSA) is 93.4 Å². The molecule has 2 heterocycles. The van der Waals surface area contributed by atoms with Gasteiger partial charge >= 0.3 is 0 Å². The van der Waals surface area contributed by atoms with Crippen molar-refractivity contribution in [2.24, 2.45) is 0 Å². The van der Waals surface area contributed by atoms with Gasteiger partial charge in [-0.15, -0.1) is 10.2 Å². The Bertz CT molecular complexity index is 925. The second-order valence-corrected chi connectivity index (χ2v) is 10.3. The number of rotatable bonds is 7. The van der Waals surface area contributed by atoms with Gasteiger partial charge < -0.3 is 9.32 Å². The molecular weight excluding hydrogens is 398 g/mol. The first-order valence-corrected chi connectivity index (χ1v) is 12.1. The van der Waals surface area contributed by atoms with Crippen molar-refractivity contribution in [2.45, 2.75) is 50.9 Å². The largest absolute Gasteiger partial charge is 0.411 e. The third-order valence-corrected chi connectivity index (χ3v) is 7.53. The summed E-state index contributed by atoms with van der Waals surface area (Å²) in [5.74, 6) is 0.642. The minimum Gasteiger partial charge on any atom is -0.411 e. The number of aryl methyl sites for hydroxylation is 1. The van der Waals surface area contributed by atoms with Crippen LogP contribution < -0.4 is 0 Å². The highest BCUT2D eigenvalue weighted by Gasteiger charge is 2.36. The quantitative estimate of drug-likeness (QED) is 0.632. The molecule has 2 aromatic rings. The number of hydrogen-bond donors (Lipinski definition) is 0. The summed E-state index contributed by atoms with van der Waals surface area (Å²) >= 11 is 1.18. The van der Waals surface area contributed by atoms with Crippen LogP contribution in [-0.2, 0) is 14.6 Å². The average molecular weight is 424 g/mol. The minimum atomic E-state index is -3.05. The SMILES string of the molecule is CC[C@@H](C)N(C(=O)CSc1nnc(-c2ccc(C)cc2)o1)[C@H]1CCS(=O)(=O)C1. The average Bonchev–Trinajstić information content (AvgIpc) is 3.27. The van der Waals surface area contributed by atoms with Crippen LogP contribution >= 0.6 is 11.8 Å². The first-order chi connectivity index (χ1) is 13.3. The molecule has 0 bridgehead atoms. The first kappa shape index (κ1) is 20.9. The van der Waals surface area contributed by atoms with Gasteiger partial charge in [-0.2, -0.15) is 0 Å². The molecule has 1 aromatic heterocycles. The van der Waals surface area contributed by atoms with Crippen LogP contribution in [0.4, 0.5) is 0 Å². The Morgan fingerprint density at radius 2 is 2.04 bits per heavy atom. The van der Waals surface area contributed by atoms with E-state index in [0.717, 1.165) is 17.5 Å². The molecule has 9 heteroatoms. The standard InChI is InChI=1S/C19H25N3O4S2/c1-4-14(3)22(16-9-10-28(24,25)12-16)17(23)11-27-19-21-20-18(26-19)15-7-5-13(2)6-8-15/h5-8,14,16H,4,9-12H2,1-3H3/t14-,16+/m1/s1. The van der Waals surface area contributed by atoms with E-state index >= 15 is 0 Å². The highest BCUT2D eigenvalue weighted by atomic mass is 32.2. The van der Waals surface area contributed by atoms with Crippen molar-refractivity contribution in [3.63, 3.8) is 0 Å². The van der Waals surface area contributed by atoms with Gasteiger partial charge in [-0.1, -0.05) is 36.4 Å². The van der Waals surface area contributed by atoms with Crippen molar-refractivity contribution >= 4 is 27.5 Å². The van der Waals surface area contributed by atoms with E-state index in [4.69, 9.17) is 4.42 Å². The maximum Gasteiger partial charge on any atom is 0.277 e. The molecule has 3 rings (SSSR count). The highest BCUT2D eigenvalue weighted by Crippen LogP contribution is 2.26. The van der Waals surface area contributed by atoms with E-state index in [-0.39, 0.29) is 35.2 Å². The maximum absolute atomic E-state index is 12.8. The van der Waals surface area contributed by atoms with Gasteiger partial charge in [-0.05, 0) is 38.8 Å². The molecular formula is C19H25N3O4S2. The van der Waals surface area contributed by atoms with Crippen molar-refractivity contribution in [1.29, 1.82) is 0 Å². The number of nitrogens with zero attached hydrogens (tertiary/aromatic N) is 3. The van der Waals surface area contributed by atoms with E-state index in [2.05, 4.69) is 10.2 Å². The molecule has 1 aromatic carbocycles. The zero-order chi connectivity index (χ0) is 20.3. The highest BCUT2D eigenvalue weighted by molar-refractivity contribution is 7.99. The minimum absolute atomic E-state index is 0.0165. The third kappa shape index (κ3) is 4.94. The molecule has 1 amide bonds. The summed E-state index contributed by atoms with van der Waals surface area (Å²) in [5.41, 5.74) is 1.97. The van der Waals surface area contributed by atoms with Crippen molar-refractivity contribution in [3.8, 4) is 11.5 Å². The number of sulfone groups is 1. The number of carbonyl (C=O) groups is 1. The molecule has 2 atom stereocenters. The fourth-order valence-corrected chi connectivity index (χ4v) is 5.62. The lowest BCUT2D eigenvalue weighted by atomic mass is 10.1. The lowest BCUT2D eigenvalue weighted by Crippen LogP contribution is -2.47. The summed E-state index contributed by atoms with van der Waals surface area (Å²) < 4.78 is 29.3. The molecule has 0 aliphatic carbocycles. The monoisotopic (exact) mass is 423 g/mol. The molecule has 28 heavy (non-hydrogen) atoms. The number of amides is 1. The number of hydrogen-bond acceptors (Lipinski definition) is 7. The zero-order valence-electron chi connectivity index (χ0n) is 16.3. The zero-order valence-corrected chi connectivity index (χ0v) is 17.9. The Hall–Kier alpha value is -1.87. The Labute approximate surface area is 169 Å². The van der Waals surface area contributed by atoms with Crippen molar-refractivity contribution < 1.29 is 17.6 Å². The van der Waals surface area contributed by atoms with Crippen LogP contribution in [0.1, 0.15) is 32.3 Å². The van der Waals surface area contributed by atoms with Crippen LogP contribution in [0.2, 0.25) is 0 Å². The number of thioether (sulfide) groups is 1. The van der Waals surface area contributed by atoms with Gasteiger partial charge in [0.2, 0.25) is 11.8 Å². The Kier molecular flexibility index (Phi) is 6.44. The lowest BCUT2D eigenvalue weighted by Gasteiger charge is -2.33. The lowest BCUT2D eigenvalue weighted by molar-refractivity contribution is -0.132. The Morgan fingerprint density at radius 3 is 2.64 bits per heavy atom. The molecule has 152 valence electrons. The van der Waals surface area contributed by atoms with Crippen molar-refractivity contribution in [1.82, 2.24) is 15.1 Å². The number of benzene rings is 1. The van der Waals surface area contributed by atoms with Crippen LogP contribution in [-0.4, -0.2) is 58.8 Å². The molecule has 7 nitrogen and oxygen atoms in total. The molecule has 1 saturated heterocycles. The van der Waals surface area contributed by atoms with Gasteiger partial charge in [-0.3, -0.25) is 4.79 Å². The molecule has 0 radical (unpaired) electrons. The van der Waals surface area contributed by atoms with Gasteiger partial charge in [0.05, 0.1) is 17.3 Å². The maximum atomic E-state index is 12.8. The van der Waals surface area contributed by atoms with Crippen molar-refractivity contribution in [2.75, 3.05) is 17.3 Å². The summed E-state index contributed by atoms with van der Waals surface area (Å²) in [6.45, 7) is 5.95. The molecule has 0 N–H and O–H groups in total. The number of carbonyl (C=O) groups excluding carboxylic acids is 1. The van der Waals surface area contributed by atoms with Crippen LogP contribution in [0.25, 0.3) is 11.5 Å². The van der Waals surface area contributed by atoms with E-state index in [1.165, 1.54) is 11.8 Å². The number of aromatic nitrogens is 2. The predicted molar refractivity (Wildman–Crippen MR) is 109 cm³/mol. The fourth-order valence-electron chi connectivity index (χ4n) is 3.28. The second-order valence-electron chi connectivity index (χ2n) is 7.14. The Morgan fingerprint density at radius 1 is 1.32 bits per heavy atom. The van der Waals surface area contributed by atoms with E-state index < -0.39 is 9.84 Å². The van der Waals surface area contributed by atoms with Crippen LogP contribution in [0, 0.1) is 6.92 Å². The van der Waals surface area contributed by atoms with Gasteiger partial charge in [0.1, 0.15) is 0 Å². The first-order valence-electron chi connectivity index (χ1n) is 9.34. The van der Waals surface area contributed by atoms with Gasteiger partial charge in [0, 0.05) is 17.6 Å². The fraction of sp³-hybridized carbons (Fsp3) is 0.526. The van der Waals surface area contributed by atoms with Crippen LogP contribution in [0.5, 0.6) is 0 Å². The van der Waals surface area contributed by atoms with E-state index in [1.807, 2.05) is 45.0 Å². The summed E-state index contributed by atoms with van der Waals surface area (Å²) in [7, 11) is -3.05. The summed E-state index contributed by atoms with van der Waals surface area (Å²) in [6, 6.07) is 7.49. The molecule has 1 fully saturated rings. The van der Waals surface area contributed by atoms with Gasteiger partial charge in [-0.25, -0.2) is 8.42 Å². The van der Waals surface area contributed by atoms with Crippen LogP contribution in [0.3, 0.4) is 0 Å². The summed E-state index contributed by atoms with van der Waals surface area (Å²) in [6.07, 6.45) is 1.27. The van der Waals surface area contributed by atoms with E-state index in [9.17, 15) is 13.2 Å². The molecule has 1 aliphatic rings. The van der Waals surface area contributed by atoms with Gasteiger partial charge in [0.25, 0.3) is 5.22 Å². The smallest absolute Gasteiger partial charge is 0.277 e. The predicted octanol–water partition coefficient (Wildman–Crippen LogP) is 2.95. The van der Waals surface area contributed by atoms with Crippen molar-refractivity contribution in [3.05, 3.63) is 29.8 Å². The third-order valence-electron chi connectivity index (χ3n) is 4.98. The summed E-state index contributed by atoms with van der Waals surface area (Å²) in [5, 5.41) is 8.38. The van der Waals surface area contributed by atoms with Crippen LogP contribution in [0.15, 0.2) is 33.9 Å². The Balaban J connectivity index is 1.65. The molecule has 0 saturated carbocycles. The normalized spacial score (nSPS) is 19.5. The molecule has 0 unspecified atom stereocenters.